The lowest BCUT2D eigenvalue weighted by molar-refractivity contribution is -0.128. The Kier molecular flexibility index (Phi) is 5.52. The Morgan fingerprint density at radius 3 is 2.50 bits per heavy atom. The van der Waals surface area contributed by atoms with Gasteiger partial charge in [0.15, 0.2) is 11.5 Å². The third kappa shape index (κ3) is 3.42. The lowest BCUT2D eigenvalue weighted by Crippen LogP contribution is -2.37. The van der Waals surface area contributed by atoms with E-state index in [1.165, 1.54) is 10.4 Å². The van der Waals surface area contributed by atoms with E-state index in [-0.39, 0.29) is 11.9 Å². The van der Waals surface area contributed by atoms with Crippen LogP contribution in [0.3, 0.4) is 0 Å². The van der Waals surface area contributed by atoms with Crippen LogP contribution < -0.4 is 14.2 Å². The number of amides is 1. The minimum atomic E-state index is 0.00287. The monoisotopic (exact) mass is 373 g/mol. The van der Waals surface area contributed by atoms with Crippen LogP contribution in [0.25, 0.3) is 6.08 Å². The van der Waals surface area contributed by atoms with Crippen LogP contribution in [-0.2, 0) is 11.2 Å². The summed E-state index contributed by atoms with van der Waals surface area (Å²) in [4.78, 5) is 16.0. The lowest BCUT2D eigenvalue weighted by atomic mass is 10.0. The summed E-state index contributed by atoms with van der Waals surface area (Å²) in [5.41, 5.74) is 2.07. The average Bonchev–Trinajstić information content (AvgIpc) is 3.15. The van der Waals surface area contributed by atoms with E-state index in [1.807, 2.05) is 17.0 Å². The number of hydrogen-bond acceptors (Lipinski definition) is 5. The minimum Gasteiger partial charge on any atom is -0.493 e. The second kappa shape index (κ2) is 7.83. The lowest BCUT2D eigenvalue weighted by Gasteiger charge is -2.32. The fourth-order valence-corrected chi connectivity index (χ4v) is 4.23. The molecule has 6 heteroatoms. The van der Waals surface area contributed by atoms with Gasteiger partial charge in [-0.1, -0.05) is 0 Å². The standard InChI is InChI=1S/C20H23NO4S/c1-13-15-8-10-26-18(15)7-9-21(13)19(22)6-5-14-11-16(23-2)20(25-4)17(12-14)24-3/h5-6,8,10-13H,7,9H2,1-4H3/b6-5-/t13-/m1/s1. The zero-order valence-corrected chi connectivity index (χ0v) is 16.3. The number of rotatable bonds is 5. The summed E-state index contributed by atoms with van der Waals surface area (Å²) in [5, 5.41) is 2.10. The molecular weight excluding hydrogens is 350 g/mol. The number of thiophene rings is 1. The minimum absolute atomic E-state index is 0.00287. The van der Waals surface area contributed by atoms with Crippen molar-refractivity contribution in [2.24, 2.45) is 0 Å². The second-order valence-corrected chi connectivity index (χ2v) is 7.05. The Balaban J connectivity index is 1.81. The van der Waals surface area contributed by atoms with Crippen molar-refractivity contribution in [3.8, 4) is 17.2 Å². The molecule has 0 saturated carbocycles. The summed E-state index contributed by atoms with van der Waals surface area (Å²) in [6, 6.07) is 5.86. The van der Waals surface area contributed by atoms with E-state index in [1.54, 1.807) is 44.8 Å². The summed E-state index contributed by atoms with van der Waals surface area (Å²) >= 11 is 1.77. The Labute approximate surface area is 157 Å². The largest absolute Gasteiger partial charge is 0.493 e. The van der Waals surface area contributed by atoms with Crippen LogP contribution in [-0.4, -0.2) is 38.7 Å². The van der Waals surface area contributed by atoms with E-state index < -0.39 is 0 Å². The van der Waals surface area contributed by atoms with Gasteiger partial charge in [-0.05, 0) is 54.1 Å². The molecule has 0 fully saturated rings. The summed E-state index contributed by atoms with van der Waals surface area (Å²) < 4.78 is 16.0. The van der Waals surface area contributed by atoms with E-state index in [0.717, 1.165) is 18.5 Å². The molecule has 0 bridgehead atoms. The maximum atomic E-state index is 12.7. The van der Waals surface area contributed by atoms with E-state index in [9.17, 15) is 4.79 Å². The fourth-order valence-electron chi connectivity index (χ4n) is 3.27. The highest BCUT2D eigenvalue weighted by molar-refractivity contribution is 7.10. The molecule has 1 aromatic heterocycles. The molecule has 0 radical (unpaired) electrons. The van der Waals surface area contributed by atoms with E-state index in [0.29, 0.717) is 17.2 Å². The SMILES string of the molecule is COc1cc(/C=C\C(=O)N2CCc3sccc3[C@H]2C)cc(OC)c1OC. The maximum Gasteiger partial charge on any atom is 0.247 e. The smallest absolute Gasteiger partial charge is 0.247 e. The molecule has 26 heavy (non-hydrogen) atoms. The quantitative estimate of drug-likeness (QED) is 0.745. The van der Waals surface area contributed by atoms with Crippen molar-refractivity contribution in [2.75, 3.05) is 27.9 Å². The highest BCUT2D eigenvalue weighted by Gasteiger charge is 2.27. The van der Waals surface area contributed by atoms with Crippen LogP contribution >= 0.6 is 11.3 Å². The Morgan fingerprint density at radius 2 is 1.88 bits per heavy atom. The summed E-state index contributed by atoms with van der Waals surface area (Å²) in [5.74, 6) is 1.66. The van der Waals surface area contributed by atoms with Crippen molar-refractivity contribution in [1.29, 1.82) is 0 Å². The molecule has 0 spiro atoms. The van der Waals surface area contributed by atoms with Crippen molar-refractivity contribution in [3.63, 3.8) is 0 Å². The van der Waals surface area contributed by atoms with Gasteiger partial charge in [-0.3, -0.25) is 4.79 Å². The van der Waals surface area contributed by atoms with Gasteiger partial charge in [-0.25, -0.2) is 0 Å². The Hall–Kier alpha value is -2.47. The summed E-state index contributed by atoms with van der Waals surface area (Å²) in [7, 11) is 4.71. The van der Waals surface area contributed by atoms with Crippen LogP contribution in [0.5, 0.6) is 17.2 Å². The van der Waals surface area contributed by atoms with E-state index >= 15 is 0 Å². The molecule has 1 aliphatic rings. The number of methoxy groups -OCH3 is 3. The number of nitrogens with zero attached hydrogens (tertiary/aromatic N) is 1. The first kappa shape index (κ1) is 18.3. The van der Waals surface area contributed by atoms with Gasteiger partial charge in [-0.15, -0.1) is 11.3 Å². The van der Waals surface area contributed by atoms with Crippen molar-refractivity contribution >= 4 is 23.3 Å². The molecule has 0 aliphatic carbocycles. The normalized spacial score (nSPS) is 16.5. The van der Waals surface area contributed by atoms with E-state index in [4.69, 9.17) is 14.2 Å². The predicted octanol–water partition coefficient (Wildman–Crippen LogP) is 3.93. The molecule has 3 rings (SSSR count). The van der Waals surface area contributed by atoms with Gasteiger partial charge in [0.1, 0.15) is 0 Å². The number of fused-ring (bicyclic) bond motifs is 1. The van der Waals surface area contributed by atoms with Gasteiger partial charge < -0.3 is 19.1 Å². The van der Waals surface area contributed by atoms with Gasteiger partial charge in [-0.2, -0.15) is 0 Å². The van der Waals surface area contributed by atoms with Crippen LogP contribution in [0.15, 0.2) is 29.7 Å². The molecular formula is C20H23NO4S. The van der Waals surface area contributed by atoms with Gasteiger partial charge in [0, 0.05) is 17.5 Å². The zero-order chi connectivity index (χ0) is 18.7. The Bertz CT molecular complexity index is 802. The molecule has 138 valence electrons. The zero-order valence-electron chi connectivity index (χ0n) is 15.4. The Morgan fingerprint density at radius 1 is 1.19 bits per heavy atom. The van der Waals surface area contributed by atoms with Gasteiger partial charge in [0.25, 0.3) is 0 Å². The number of carbonyl (C=O) groups excluding carboxylic acids is 1. The first-order valence-electron chi connectivity index (χ1n) is 8.44. The third-order valence-electron chi connectivity index (χ3n) is 4.67. The highest BCUT2D eigenvalue weighted by Crippen LogP contribution is 2.38. The topological polar surface area (TPSA) is 48.0 Å². The molecule has 0 saturated heterocycles. The number of benzene rings is 1. The average molecular weight is 373 g/mol. The van der Waals surface area contributed by atoms with Crippen molar-refractivity contribution in [2.45, 2.75) is 19.4 Å². The first-order chi connectivity index (χ1) is 12.6. The molecule has 1 amide bonds. The van der Waals surface area contributed by atoms with Crippen LogP contribution in [0, 0.1) is 0 Å². The van der Waals surface area contributed by atoms with Crippen molar-refractivity contribution in [1.82, 2.24) is 4.90 Å². The number of hydrogen-bond donors (Lipinski definition) is 0. The molecule has 0 unspecified atom stereocenters. The van der Waals surface area contributed by atoms with Crippen LogP contribution in [0.2, 0.25) is 0 Å². The van der Waals surface area contributed by atoms with Crippen LogP contribution in [0.4, 0.5) is 0 Å². The van der Waals surface area contributed by atoms with Crippen molar-refractivity contribution < 1.29 is 19.0 Å². The molecule has 1 aliphatic heterocycles. The third-order valence-corrected chi connectivity index (χ3v) is 5.66. The van der Waals surface area contributed by atoms with Crippen molar-refractivity contribution in [3.05, 3.63) is 45.7 Å². The fraction of sp³-hybridized carbons (Fsp3) is 0.350. The molecule has 2 heterocycles. The molecule has 1 aromatic carbocycles. The van der Waals surface area contributed by atoms with E-state index in [2.05, 4.69) is 18.4 Å². The summed E-state index contributed by atoms with van der Waals surface area (Å²) in [6.45, 7) is 2.82. The second-order valence-electron chi connectivity index (χ2n) is 6.05. The molecule has 2 aromatic rings. The van der Waals surface area contributed by atoms with Gasteiger partial charge in [0.2, 0.25) is 11.7 Å². The predicted molar refractivity (Wildman–Crippen MR) is 103 cm³/mol. The van der Waals surface area contributed by atoms with Gasteiger partial charge in [0.05, 0.1) is 27.4 Å². The maximum absolute atomic E-state index is 12.7. The molecule has 5 nitrogen and oxygen atoms in total. The van der Waals surface area contributed by atoms with Crippen LogP contribution in [0.1, 0.15) is 29.0 Å². The number of ether oxygens (including phenoxy) is 3. The molecule has 1 atom stereocenters. The molecule has 0 N–H and O–H groups in total. The van der Waals surface area contributed by atoms with Gasteiger partial charge >= 0.3 is 0 Å². The highest BCUT2D eigenvalue weighted by atomic mass is 32.1. The number of carbonyl (C=O) groups is 1. The first-order valence-corrected chi connectivity index (χ1v) is 9.32. The summed E-state index contributed by atoms with van der Waals surface area (Å²) in [6.07, 6.45) is 4.30.